The van der Waals surface area contributed by atoms with E-state index in [1.165, 1.54) is 7.05 Å². The summed E-state index contributed by atoms with van der Waals surface area (Å²) < 4.78 is 5.76. The van der Waals surface area contributed by atoms with E-state index in [2.05, 4.69) is 0 Å². The Morgan fingerprint density at radius 1 is 1.17 bits per heavy atom. The largest absolute Gasteiger partial charge is 0.489 e. The molecule has 24 heavy (non-hydrogen) atoms. The molecule has 122 valence electrons. The van der Waals surface area contributed by atoms with Gasteiger partial charge in [0.15, 0.2) is 0 Å². The highest BCUT2D eigenvalue weighted by molar-refractivity contribution is 8.18. The highest BCUT2D eigenvalue weighted by Gasteiger charge is 2.31. The van der Waals surface area contributed by atoms with Crippen molar-refractivity contribution in [3.05, 3.63) is 69.6 Å². The first-order valence-electron chi connectivity index (χ1n) is 7.22. The number of benzene rings is 2. The van der Waals surface area contributed by atoms with Gasteiger partial charge < -0.3 is 4.74 Å². The summed E-state index contributed by atoms with van der Waals surface area (Å²) in [6, 6.07) is 14.8. The number of rotatable bonds is 4. The van der Waals surface area contributed by atoms with Crippen molar-refractivity contribution in [3.8, 4) is 5.75 Å². The molecule has 0 radical (unpaired) electrons. The van der Waals surface area contributed by atoms with E-state index in [0.717, 1.165) is 27.8 Å². The minimum Gasteiger partial charge on any atom is -0.489 e. The van der Waals surface area contributed by atoms with E-state index in [-0.39, 0.29) is 11.1 Å². The van der Waals surface area contributed by atoms with E-state index < -0.39 is 0 Å². The first kappa shape index (κ1) is 16.6. The normalized spacial score (nSPS) is 16.1. The average Bonchev–Trinajstić information content (AvgIpc) is 2.82. The number of ether oxygens (including phenoxy) is 1. The Kier molecular flexibility index (Phi) is 4.92. The molecule has 0 aromatic heterocycles. The molecule has 1 heterocycles. The van der Waals surface area contributed by atoms with E-state index in [1.54, 1.807) is 6.08 Å². The smallest absolute Gasteiger partial charge is 0.293 e. The van der Waals surface area contributed by atoms with Crippen LogP contribution in [0, 0.1) is 0 Å². The van der Waals surface area contributed by atoms with Gasteiger partial charge in [-0.2, -0.15) is 0 Å². The second-order valence-electron chi connectivity index (χ2n) is 5.23. The van der Waals surface area contributed by atoms with Crippen LogP contribution in [0.3, 0.4) is 0 Å². The summed E-state index contributed by atoms with van der Waals surface area (Å²) >= 11 is 6.80. The standard InChI is InChI=1S/C18H14ClNO3S/c1-20-17(21)16(24-18(20)22)10-13-3-2-4-15(9-13)23-11-12-5-7-14(19)8-6-12/h2-10H,11H2,1H3/b16-10+. The number of thioether (sulfide) groups is 1. The third kappa shape index (κ3) is 3.80. The number of imide groups is 1. The van der Waals surface area contributed by atoms with Crippen molar-refractivity contribution in [2.24, 2.45) is 0 Å². The first-order chi connectivity index (χ1) is 11.5. The lowest BCUT2D eigenvalue weighted by molar-refractivity contribution is -0.121. The molecule has 3 rings (SSSR count). The highest BCUT2D eigenvalue weighted by Crippen LogP contribution is 2.31. The molecular weight excluding hydrogens is 346 g/mol. The summed E-state index contributed by atoms with van der Waals surface area (Å²) in [6.07, 6.45) is 1.70. The van der Waals surface area contributed by atoms with E-state index in [4.69, 9.17) is 16.3 Å². The zero-order valence-corrected chi connectivity index (χ0v) is 14.4. The molecule has 1 aliphatic heterocycles. The lowest BCUT2D eigenvalue weighted by Gasteiger charge is -2.07. The van der Waals surface area contributed by atoms with Gasteiger partial charge in [-0.1, -0.05) is 35.9 Å². The van der Waals surface area contributed by atoms with Crippen LogP contribution in [0.1, 0.15) is 11.1 Å². The summed E-state index contributed by atoms with van der Waals surface area (Å²) in [7, 11) is 1.48. The second-order valence-corrected chi connectivity index (χ2v) is 6.66. The molecule has 0 saturated carbocycles. The zero-order chi connectivity index (χ0) is 17.1. The molecule has 4 nitrogen and oxygen atoms in total. The van der Waals surface area contributed by atoms with Gasteiger partial charge in [0.25, 0.3) is 11.1 Å². The number of likely N-dealkylation sites (N-methyl/N-ethyl adjacent to an activating group) is 1. The van der Waals surface area contributed by atoms with Crippen LogP contribution < -0.4 is 4.74 Å². The van der Waals surface area contributed by atoms with E-state index in [9.17, 15) is 9.59 Å². The molecule has 0 atom stereocenters. The van der Waals surface area contributed by atoms with E-state index >= 15 is 0 Å². The van der Waals surface area contributed by atoms with Crippen LogP contribution >= 0.6 is 23.4 Å². The molecule has 0 aliphatic carbocycles. The van der Waals surface area contributed by atoms with Gasteiger partial charge in [0.1, 0.15) is 12.4 Å². The first-order valence-corrected chi connectivity index (χ1v) is 8.41. The molecule has 2 amide bonds. The molecule has 0 unspecified atom stereocenters. The second kappa shape index (κ2) is 7.11. The van der Waals surface area contributed by atoms with Gasteiger partial charge in [-0.05, 0) is 53.2 Å². The summed E-state index contributed by atoms with van der Waals surface area (Å²) in [4.78, 5) is 25.0. The molecule has 0 N–H and O–H groups in total. The quantitative estimate of drug-likeness (QED) is 0.749. The minimum absolute atomic E-state index is 0.263. The fourth-order valence-electron chi connectivity index (χ4n) is 2.14. The molecule has 1 aliphatic rings. The monoisotopic (exact) mass is 359 g/mol. The fourth-order valence-corrected chi connectivity index (χ4v) is 3.09. The maximum absolute atomic E-state index is 11.9. The zero-order valence-electron chi connectivity index (χ0n) is 12.9. The summed E-state index contributed by atoms with van der Waals surface area (Å²) in [5, 5.41) is 0.423. The summed E-state index contributed by atoms with van der Waals surface area (Å²) in [6.45, 7) is 0.423. The number of nitrogens with zero attached hydrogens (tertiary/aromatic N) is 1. The van der Waals surface area contributed by atoms with Crippen LogP contribution in [0.15, 0.2) is 53.4 Å². The van der Waals surface area contributed by atoms with Crippen molar-refractivity contribution in [1.29, 1.82) is 0 Å². The van der Waals surface area contributed by atoms with Crippen LogP contribution in [0.4, 0.5) is 4.79 Å². The van der Waals surface area contributed by atoms with Crippen LogP contribution in [0.25, 0.3) is 6.08 Å². The van der Waals surface area contributed by atoms with Crippen LogP contribution in [-0.4, -0.2) is 23.1 Å². The Balaban J connectivity index is 1.71. The van der Waals surface area contributed by atoms with Crippen LogP contribution in [-0.2, 0) is 11.4 Å². The van der Waals surface area contributed by atoms with Gasteiger partial charge in [0.2, 0.25) is 0 Å². The van der Waals surface area contributed by atoms with Gasteiger partial charge in [-0.3, -0.25) is 14.5 Å². The topological polar surface area (TPSA) is 46.6 Å². The van der Waals surface area contributed by atoms with E-state index in [1.807, 2.05) is 48.5 Å². The van der Waals surface area contributed by atoms with Gasteiger partial charge >= 0.3 is 0 Å². The third-order valence-electron chi connectivity index (χ3n) is 3.46. The Morgan fingerprint density at radius 3 is 2.58 bits per heavy atom. The minimum atomic E-state index is -0.280. The number of hydrogen-bond acceptors (Lipinski definition) is 4. The van der Waals surface area contributed by atoms with Crippen molar-refractivity contribution in [2.45, 2.75) is 6.61 Å². The Bertz CT molecular complexity index is 817. The third-order valence-corrected chi connectivity index (χ3v) is 4.67. The Morgan fingerprint density at radius 2 is 1.92 bits per heavy atom. The lowest BCUT2D eigenvalue weighted by atomic mass is 10.2. The maximum atomic E-state index is 11.9. The predicted octanol–water partition coefficient (Wildman–Crippen LogP) is 4.59. The van der Waals surface area contributed by atoms with Gasteiger partial charge in [0.05, 0.1) is 4.91 Å². The van der Waals surface area contributed by atoms with Crippen LogP contribution in [0.2, 0.25) is 5.02 Å². The molecule has 6 heteroatoms. The fraction of sp³-hybridized carbons (Fsp3) is 0.111. The SMILES string of the molecule is CN1C(=O)S/C(=C/c2cccc(OCc3ccc(Cl)cc3)c2)C1=O. The maximum Gasteiger partial charge on any atom is 0.293 e. The number of halogens is 1. The summed E-state index contributed by atoms with van der Waals surface area (Å²) in [5.74, 6) is 0.409. The van der Waals surface area contributed by atoms with E-state index in [0.29, 0.717) is 22.3 Å². The highest BCUT2D eigenvalue weighted by atomic mass is 35.5. The molecule has 0 spiro atoms. The molecule has 2 aromatic carbocycles. The van der Waals surface area contributed by atoms with Crippen molar-refractivity contribution < 1.29 is 14.3 Å². The molecule has 0 bridgehead atoms. The number of carbonyl (C=O) groups excluding carboxylic acids is 2. The molecule has 1 fully saturated rings. The van der Waals surface area contributed by atoms with Gasteiger partial charge in [-0.15, -0.1) is 0 Å². The average molecular weight is 360 g/mol. The number of carbonyl (C=O) groups is 2. The van der Waals surface area contributed by atoms with Crippen molar-refractivity contribution >= 4 is 40.6 Å². The Labute approximate surface area is 149 Å². The number of hydrogen-bond donors (Lipinski definition) is 0. The molecular formula is C18H14ClNO3S. The summed E-state index contributed by atoms with van der Waals surface area (Å²) in [5.41, 5.74) is 1.82. The van der Waals surface area contributed by atoms with Crippen molar-refractivity contribution in [3.63, 3.8) is 0 Å². The lowest BCUT2D eigenvalue weighted by Crippen LogP contribution is -2.22. The van der Waals surface area contributed by atoms with Crippen molar-refractivity contribution in [1.82, 2.24) is 4.90 Å². The van der Waals surface area contributed by atoms with Crippen LogP contribution in [0.5, 0.6) is 5.75 Å². The Hall–Kier alpha value is -2.24. The van der Waals surface area contributed by atoms with Gasteiger partial charge in [0, 0.05) is 12.1 Å². The molecule has 1 saturated heterocycles. The predicted molar refractivity (Wildman–Crippen MR) is 96.0 cm³/mol. The molecule has 2 aromatic rings. The van der Waals surface area contributed by atoms with Crippen molar-refractivity contribution in [2.75, 3.05) is 7.05 Å². The number of amides is 2. The van der Waals surface area contributed by atoms with Gasteiger partial charge in [-0.25, -0.2) is 0 Å².